The normalized spacial score (nSPS) is 32.8. The molecule has 3 aliphatic rings. The van der Waals surface area contributed by atoms with Crippen LogP contribution >= 0.6 is 0 Å². The fraction of sp³-hybridized carbons (Fsp3) is 0.579. The Morgan fingerprint density at radius 3 is 2.61 bits per heavy atom. The number of rotatable bonds is 4. The molecule has 3 fully saturated rings. The van der Waals surface area contributed by atoms with Crippen molar-refractivity contribution in [1.82, 2.24) is 4.90 Å². The van der Waals surface area contributed by atoms with E-state index < -0.39 is 5.97 Å². The molecule has 0 spiro atoms. The van der Waals surface area contributed by atoms with Gasteiger partial charge in [0.1, 0.15) is 0 Å². The monoisotopic (exact) mass is 313 g/mol. The number of carboxylic acids is 1. The van der Waals surface area contributed by atoms with E-state index >= 15 is 0 Å². The number of benzene rings is 1. The Morgan fingerprint density at radius 1 is 1.17 bits per heavy atom. The first kappa shape index (κ1) is 14.7. The van der Waals surface area contributed by atoms with Gasteiger partial charge >= 0.3 is 5.97 Å². The molecule has 4 nitrogen and oxygen atoms in total. The minimum absolute atomic E-state index is 0.0594. The van der Waals surface area contributed by atoms with Crippen molar-refractivity contribution in [3.05, 3.63) is 35.4 Å². The first-order chi connectivity index (χ1) is 11.0. The van der Waals surface area contributed by atoms with E-state index in [0.29, 0.717) is 24.9 Å². The maximum absolute atomic E-state index is 12.8. The van der Waals surface area contributed by atoms with Crippen LogP contribution < -0.4 is 0 Å². The summed E-state index contributed by atoms with van der Waals surface area (Å²) >= 11 is 0. The van der Waals surface area contributed by atoms with Gasteiger partial charge in [-0.3, -0.25) is 9.59 Å². The molecule has 1 saturated heterocycles. The first-order valence-electron chi connectivity index (χ1n) is 8.62. The van der Waals surface area contributed by atoms with Crippen LogP contribution in [0.3, 0.4) is 0 Å². The van der Waals surface area contributed by atoms with Crippen LogP contribution in [0.25, 0.3) is 0 Å². The predicted molar refractivity (Wildman–Crippen MR) is 85.9 cm³/mol. The van der Waals surface area contributed by atoms with Gasteiger partial charge in [0.05, 0.1) is 5.92 Å². The number of likely N-dealkylation sites (tertiary alicyclic amines) is 1. The summed E-state index contributed by atoms with van der Waals surface area (Å²) < 4.78 is 0. The van der Waals surface area contributed by atoms with Gasteiger partial charge in [-0.15, -0.1) is 0 Å². The van der Waals surface area contributed by atoms with E-state index in [2.05, 4.69) is 25.1 Å². The Kier molecular flexibility index (Phi) is 3.43. The highest BCUT2D eigenvalue weighted by atomic mass is 16.4. The van der Waals surface area contributed by atoms with Gasteiger partial charge < -0.3 is 10.0 Å². The van der Waals surface area contributed by atoms with Crippen molar-refractivity contribution in [3.63, 3.8) is 0 Å². The minimum atomic E-state index is -0.733. The molecule has 0 unspecified atom stereocenters. The molecular formula is C19H23NO3. The fourth-order valence-corrected chi connectivity index (χ4v) is 4.24. The first-order valence-corrected chi connectivity index (χ1v) is 8.62. The number of carbonyl (C=O) groups excluding carboxylic acids is 1. The lowest BCUT2D eigenvalue weighted by atomic mass is 9.92. The van der Waals surface area contributed by atoms with Crippen molar-refractivity contribution in [3.8, 4) is 0 Å². The van der Waals surface area contributed by atoms with Gasteiger partial charge in [-0.2, -0.15) is 0 Å². The Balaban J connectivity index is 1.43. The summed E-state index contributed by atoms with van der Waals surface area (Å²) in [6.45, 7) is 3.13. The minimum Gasteiger partial charge on any atom is -0.481 e. The molecule has 1 heterocycles. The topological polar surface area (TPSA) is 57.6 Å². The van der Waals surface area contributed by atoms with E-state index in [-0.39, 0.29) is 23.7 Å². The molecule has 1 aromatic carbocycles. The summed E-state index contributed by atoms with van der Waals surface area (Å²) in [5, 5.41) is 9.44. The number of nitrogens with zero attached hydrogens (tertiary/aromatic N) is 1. The second-order valence-electron chi connectivity index (χ2n) is 7.55. The van der Waals surface area contributed by atoms with Crippen molar-refractivity contribution in [1.29, 1.82) is 0 Å². The molecule has 1 aromatic rings. The summed E-state index contributed by atoms with van der Waals surface area (Å²) in [4.78, 5) is 26.1. The lowest BCUT2D eigenvalue weighted by molar-refractivity contribution is -0.142. The number of hydrogen-bond donors (Lipinski definition) is 1. The molecule has 0 radical (unpaired) electrons. The van der Waals surface area contributed by atoms with Gasteiger partial charge in [-0.05, 0) is 49.5 Å². The van der Waals surface area contributed by atoms with Crippen molar-refractivity contribution in [2.45, 2.75) is 32.1 Å². The third-order valence-corrected chi connectivity index (χ3v) is 5.80. The van der Waals surface area contributed by atoms with Gasteiger partial charge in [0.15, 0.2) is 0 Å². The zero-order valence-corrected chi connectivity index (χ0v) is 13.4. The highest BCUT2D eigenvalue weighted by Crippen LogP contribution is 2.50. The van der Waals surface area contributed by atoms with Crippen molar-refractivity contribution < 1.29 is 14.7 Å². The van der Waals surface area contributed by atoms with Crippen molar-refractivity contribution in [2.24, 2.45) is 23.7 Å². The maximum atomic E-state index is 12.8. The summed E-state index contributed by atoms with van der Waals surface area (Å²) in [5.41, 5.74) is 2.47. The zero-order valence-electron chi connectivity index (χ0n) is 13.4. The summed E-state index contributed by atoms with van der Waals surface area (Å²) in [6.07, 6.45) is 3.17. The summed E-state index contributed by atoms with van der Waals surface area (Å²) in [6, 6.07) is 8.38. The smallest absolute Gasteiger partial charge is 0.308 e. The molecule has 1 N–H and O–H groups in total. The van der Waals surface area contributed by atoms with E-state index in [9.17, 15) is 14.7 Å². The highest BCUT2D eigenvalue weighted by Gasteiger charge is 2.51. The second kappa shape index (κ2) is 5.36. The van der Waals surface area contributed by atoms with E-state index in [1.165, 1.54) is 11.1 Å². The molecular weight excluding hydrogens is 290 g/mol. The number of carbonyl (C=O) groups is 2. The standard InChI is InChI=1S/C19H23NO3/c1-11-3-2-4-13(7-11)14-8-15(14)18(21)20-9-16(12-5-6-12)17(10-20)19(22)23/h2-4,7,12,14-17H,5-6,8-10H2,1H3,(H,22,23)/t14-,15+,16-,17+/m0/s1. The average Bonchev–Trinajstić information content (AvgIpc) is 3.43. The van der Waals surface area contributed by atoms with Crippen LogP contribution in [-0.4, -0.2) is 35.0 Å². The van der Waals surface area contributed by atoms with E-state index in [4.69, 9.17) is 0 Å². The largest absolute Gasteiger partial charge is 0.481 e. The Hall–Kier alpha value is -1.84. The fourth-order valence-electron chi connectivity index (χ4n) is 4.24. The van der Waals surface area contributed by atoms with Gasteiger partial charge in [0.2, 0.25) is 5.91 Å². The number of aliphatic carboxylic acids is 1. The molecule has 2 saturated carbocycles. The van der Waals surface area contributed by atoms with Crippen LogP contribution in [-0.2, 0) is 9.59 Å². The molecule has 4 rings (SSSR count). The Bertz CT molecular complexity index is 652. The van der Waals surface area contributed by atoms with Crippen LogP contribution in [0.5, 0.6) is 0 Å². The quantitative estimate of drug-likeness (QED) is 0.930. The molecule has 2 aliphatic carbocycles. The van der Waals surface area contributed by atoms with Crippen LogP contribution in [0.2, 0.25) is 0 Å². The van der Waals surface area contributed by atoms with E-state index in [0.717, 1.165) is 19.3 Å². The van der Waals surface area contributed by atoms with Crippen LogP contribution in [0.1, 0.15) is 36.3 Å². The Labute approximate surface area is 136 Å². The number of hydrogen-bond acceptors (Lipinski definition) is 2. The molecule has 4 atom stereocenters. The lowest BCUT2D eigenvalue weighted by Gasteiger charge is -2.16. The third-order valence-electron chi connectivity index (χ3n) is 5.80. The summed E-state index contributed by atoms with van der Waals surface area (Å²) in [5.74, 6) is 0.167. The maximum Gasteiger partial charge on any atom is 0.308 e. The van der Waals surface area contributed by atoms with Gasteiger partial charge in [0, 0.05) is 19.0 Å². The summed E-state index contributed by atoms with van der Waals surface area (Å²) in [7, 11) is 0. The molecule has 23 heavy (non-hydrogen) atoms. The van der Waals surface area contributed by atoms with Crippen LogP contribution in [0.4, 0.5) is 0 Å². The lowest BCUT2D eigenvalue weighted by Crippen LogP contribution is -2.31. The van der Waals surface area contributed by atoms with Gasteiger partial charge in [-0.1, -0.05) is 29.8 Å². The number of amides is 1. The van der Waals surface area contributed by atoms with Crippen LogP contribution in [0, 0.1) is 30.6 Å². The van der Waals surface area contributed by atoms with Crippen LogP contribution in [0.15, 0.2) is 24.3 Å². The third kappa shape index (κ3) is 2.75. The number of aryl methyl sites for hydroxylation is 1. The second-order valence-corrected chi connectivity index (χ2v) is 7.55. The van der Waals surface area contributed by atoms with Crippen molar-refractivity contribution in [2.75, 3.05) is 13.1 Å². The van der Waals surface area contributed by atoms with E-state index in [1.54, 1.807) is 0 Å². The predicted octanol–water partition coefficient (Wildman–Crippen LogP) is 2.67. The molecule has 4 heteroatoms. The zero-order chi connectivity index (χ0) is 16.1. The average molecular weight is 313 g/mol. The van der Waals surface area contributed by atoms with Gasteiger partial charge in [0.25, 0.3) is 0 Å². The highest BCUT2D eigenvalue weighted by molar-refractivity contribution is 5.84. The molecule has 1 aliphatic heterocycles. The van der Waals surface area contributed by atoms with Gasteiger partial charge in [-0.25, -0.2) is 0 Å². The molecule has 122 valence electrons. The molecule has 0 bridgehead atoms. The van der Waals surface area contributed by atoms with Crippen molar-refractivity contribution >= 4 is 11.9 Å². The van der Waals surface area contributed by atoms with E-state index in [1.807, 2.05) is 11.0 Å². The number of carboxylic acid groups (broad SMARTS) is 1. The molecule has 1 amide bonds. The molecule has 0 aromatic heterocycles. The Morgan fingerprint density at radius 2 is 1.96 bits per heavy atom. The SMILES string of the molecule is Cc1cccc([C@@H]2C[C@H]2C(=O)N2C[C@@H](C(=O)O)[C@H](C3CC3)C2)c1.